The number of hydrogen-bond donors (Lipinski definition) is 3. The molecule has 2 aromatic rings. The second-order valence-corrected chi connectivity index (χ2v) is 7.61. The largest absolute Gasteiger partial charge is 0.494 e. The number of anilines is 1. The maximum absolute atomic E-state index is 12.5. The molecule has 0 aliphatic heterocycles. The third kappa shape index (κ3) is 7.53. The predicted molar refractivity (Wildman–Crippen MR) is 112 cm³/mol. The minimum atomic E-state index is -0.714. The number of rotatable bonds is 10. The van der Waals surface area contributed by atoms with Crippen molar-refractivity contribution < 1.29 is 19.1 Å². The average molecular weight is 419 g/mol. The van der Waals surface area contributed by atoms with E-state index in [9.17, 15) is 14.4 Å². The maximum atomic E-state index is 12.5. The SMILES string of the molecule is CCOc1ccc(C(=O)NCC(=O)NC(CC(C)C)C(=O)Nc2nccs2)cc1. The summed E-state index contributed by atoms with van der Waals surface area (Å²) in [5.41, 5.74) is 0.418. The Bertz CT molecular complexity index is 806. The Labute approximate surface area is 174 Å². The third-order valence-electron chi connectivity index (χ3n) is 3.86. The van der Waals surface area contributed by atoms with Gasteiger partial charge in [-0.3, -0.25) is 14.4 Å². The van der Waals surface area contributed by atoms with Crippen LogP contribution in [-0.2, 0) is 9.59 Å². The van der Waals surface area contributed by atoms with Gasteiger partial charge in [0.2, 0.25) is 11.8 Å². The molecule has 0 saturated carbocycles. The van der Waals surface area contributed by atoms with Gasteiger partial charge in [-0.15, -0.1) is 11.3 Å². The maximum Gasteiger partial charge on any atom is 0.251 e. The molecule has 0 saturated heterocycles. The number of nitrogens with zero attached hydrogens (tertiary/aromatic N) is 1. The number of amides is 3. The van der Waals surface area contributed by atoms with E-state index in [1.807, 2.05) is 20.8 Å². The smallest absolute Gasteiger partial charge is 0.251 e. The molecule has 1 heterocycles. The number of hydrogen-bond acceptors (Lipinski definition) is 6. The lowest BCUT2D eigenvalue weighted by Gasteiger charge is -2.19. The molecule has 1 aromatic carbocycles. The lowest BCUT2D eigenvalue weighted by Crippen LogP contribution is -2.48. The highest BCUT2D eigenvalue weighted by molar-refractivity contribution is 7.13. The van der Waals surface area contributed by atoms with Crippen molar-refractivity contribution in [3.8, 4) is 5.75 Å². The van der Waals surface area contributed by atoms with Crippen molar-refractivity contribution in [1.29, 1.82) is 0 Å². The number of carbonyl (C=O) groups excluding carboxylic acids is 3. The number of benzene rings is 1. The van der Waals surface area contributed by atoms with E-state index in [2.05, 4.69) is 20.9 Å². The summed E-state index contributed by atoms with van der Waals surface area (Å²) < 4.78 is 5.34. The van der Waals surface area contributed by atoms with E-state index in [-0.39, 0.29) is 24.3 Å². The summed E-state index contributed by atoms with van der Waals surface area (Å²) in [6, 6.07) is 5.93. The molecule has 0 spiro atoms. The first-order chi connectivity index (χ1) is 13.9. The van der Waals surface area contributed by atoms with Gasteiger partial charge >= 0.3 is 0 Å². The van der Waals surface area contributed by atoms with Crippen molar-refractivity contribution in [1.82, 2.24) is 15.6 Å². The zero-order valence-electron chi connectivity index (χ0n) is 16.7. The van der Waals surface area contributed by atoms with Gasteiger partial charge in [-0.05, 0) is 43.5 Å². The molecule has 8 nitrogen and oxygen atoms in total. The Morgan fingerprint density at radius 2 is 1.90 bits per heavy atom. The van der Waals surface area contributed by atoms with E-state index in [0.717, 1.165) is 0 Å². The van der Waals surface area contributed by atoms with Crippen molar-refractivity contribution in [2.75, 3.05) is 18.5 Å². The second-order valence-electron chi connectivity index (χ2n) is 6.72. The van der Waals surface area contributed by atoms with Crippen molar-refractivity contribution in [2.24, 2.45) is 5.92 Å². The first kappa shape index (κ1) is 22.4. The van der Waals surface area contributed by atoms with Crippen molar-refractivity contribution in [3.63, 3.8) is 0 Å². The molecule has 0 radical (unpaired) electrons. The normalized spacial score (nSPS) is 11.6. The first-order valence-corrected chi connectivity index (χ1v) is 10.3. The van der Waals surface area contributed by atoms with Crippen LogP contribution >= 0.6 is 11.3 Å². The number of thiazole rings is 1. The van der Waals surface area contributed by atoms with Crippen LogP contribution in [0.3, 0.4) is 0 Å². The second kappa shape index (κ2) is 11.2. The Kier molecular flexibility index (Phi) is 8.60. The Morgan fingerprint density at radius 3 is 2.48 bits per heavy atom. The van der Waals surface area contributed by atoms with Crippen LogP contribution in [0.4, 0.5) is 5.13 Å². The van der Waals surface area contributed by atoms with Gasteiger partial charge in [0.15, 0.2) is 5.13 Å². The van der Waals surface area contributed by atoms with Crippen molar-refractivity contribution in [3.05, 3.63) is 41.4 Å². The Balaban J connectivity index is 1.88. The Hall–Kier alpha value is -2.94. The standard InChI is InChI=1S/C20H26N4O4S/c1-4-28-15-7-5-14(6-8-15)18(26)22-12-17(25)23-16(11-13(2)3)19(27)24-20-21-9-10-29-20/h5-10,13,16H,4,11-12H2,1-3H3,(H,22,26)(H,23,25)(H,21,24,27). The number of aromatic nitrogens is 1. The number of nitrogens with one attached hydrogen (secondary N) is 3. The Morgan fingerprint density at radius 1 is 1.17 bits per heavy atom. The predicted octanol–water partition coefficient (Wildman–Crippen LogP) is 2.44. The molecule has 1 unspecified atom stereocenters. The van der Waals surface area contributed by atoms with Crippen LogP contribution in [0.5, 0.6) is 5.75 Å². The molecule has 0 fully saturated rings. The van der Waals surface area contributed by atoms with Gasteiger partial charge in [0.25, 0.3) is 5.91 Å². The fraction of sp³-hybridized carbons (Fsp3) is 0.400. The fourth-order valence-electron chi connectivity index (χ4n) is 2.56. The van der Waals surface area contributed by atoms with Crippen molar-refractivity contribution >= 4 is 34.2 Å². The van der Waals surface area contributed by atoms with Crippen LogP contribution in [0.1, 0.15) is 37.6 Å². The van der Waals surface area contributed by atoms with Crippen LogP contribution in [0, 0.1) is 5.92 Å². The summed E-state index contributed by atoms with van der Waals surface area (Å²) in [4.78, 5) is 41.0. The molecule has 9 heteroatoms. The summed E-state index contributed by atoms with van der Waals surface area (Å²) in [6.07, 6.45) is 2.06. The average Bonchev–Trinajstić information content (AvgIpc) is 3.19. The molecule has 0 aliphatic carbocycles. The van der Waals surface area contributed by atoms with Crippen molar-refractivity contribution in [2.45, 2.75) is 33.2 Å². The molecular formula is C20H26N4O4S. The summed E-state index contributed by atoms with van der Waals surface area (Å²) in [6.45, 7) is 6.11. The first-order valence-electron chi connectivity index (χ1n) is 9.39. The van der Waals surface area contributed by atoms with E-state index >= 15 is 0 Å². The van der Waals surface area contributed by atoms with Gasteiger partial charge in [-0.2, -0.15) is 0 Å². The lowest BCUT2D eigenvalue weighted by atomic mass is 10.0. The summed E-state index contributed by atoms with van der Waals surface area (Å²) in [5.74, 6) is -0.287. The van der Waals surface area contributed by atoms with E-state index in [0.29, 0.717) is 29.5 Å². The van der Waals surface area contributed by atoms with Gasteiger partial charge in [-0.1, -0.05) is 13.8 Å². The summed E-state index contributed by atoms with van der Waals surface area (Å²) in [7, 11) is 0. The molecule has 156 valence electrons. The van der Waals surface area contributed by atoms with E-state index < -0.39 is 11.9 Å². The molecule has 1 atom stereocenters. The zero-order chi connectivity index (χ0) is 21.2. The topological polar surface area (TPSA) is 109 Å². The van der Waals surface area contributed by atoms with Crippen LogP contribution in [0.25, 0.3) is 0 Å². The molecule has 0 aliphatic rings. The molecule has 3 N–H and O–H groups in total. The summed E-state index contributed by atoms with van der Waals surface area (Å²) >= 11 is 1.30. The van der Waals surface area contributed by atoms with E-state index in [1.165, 1.54) is 11.3 Å². The highest BCUT2D eigenvalue weighted by atomic mass is 32.1. The van der Waals surface area contributed by atoms with Crippen LogP contribution in [-0.4, -0.2) is 41.9 Å². The van der Waals surface area contributed by atoms with E-state index in [4.69, 9.17) is 4.74 Å². The van der Waals surface area contributed by atoms with Gasteiger partial charge < -0.3 is 20.7 Å². The highest BCUT2D eigenvalue weighted by Gasteiger charge is 2.23. The number of carbonyl (C=O) groups is 3. The van der Waals surface area contributed by atoms with Crippen LogP contribution in [0.2, 0.25) is 0 Å². The fourth-order valence-corrected chi connectivity index (χ4v) is 3.09. The third-order valence-corrected chi connectivity index (χ3v) is 4.55. The molecule has 3 amide bonds. The minimum Gasteiger partial charge on any atom is -0.494 e. The van der Waals surface area contributed by atoms with E-state index in [1.54, 1.807) is 35.8 Å². The zero-order valence-corrected chi connectivity index (χ0v) is 17.5. The van der Waals surface area contributed by atoms with Crippen LogP contribution < -0.4 is 20.7 Å². The number of ether oxygens (including phenoxy) is 1. The van der Waals surface area contributed by atoms with Gasteiger partial charge in [-0.25, -0.2) is 4.98 Å². The molecule has 29 heavy (non-hydrogen) atoms. The highest BCUT2D eigenvalue weighted by Crippen LogP contribution is 2.13. The monoisotopic (exact) mass is 418 g/mol. The quantitative estimate of drug-likeness (QED) is 0.549. The summed E-state index contributed by atoms with van der Waals surface area (Å²) in [5, 5.41) is 10.2. The molecule has 0 bridgehead atoms. The van der Waals surface area contributed by atoms with Gasteiger partial charge in [0, 0.05) is 17.1 Å². The van der Waals surface area contributed by atoms with Gasteiger partial charge in [0.05, 0.1) is 13.2 Å². The molecule has 2 rings (SSSR count). The lowest BCUT2D eigenvalue weighted by molar-refractivity contribution is -0.126. The van der Waals surface area contributed by atoms with Gasteiger partial charge in [0.1, 0.15) is 11.8 Å². The van der Waals surface area contributed by atoms with Crippen LogP contribution in [0.15, 0.2) is 35.8 Å². The molecular weight excluding hydrogens is 392 g/mol. The minimum absolute atomic E-state index is 0.195. The molecule has 1 aromatic heterocycles.